The summed E-state index contributed by atoms with van der Waals surface area (Å²) in [5.41, 5.74) is 0.282. The van der Waals surface area contributed by atoms with Gasteiger partial charge < -0.3 is 15.0 Å². The Hall–Kier alpha value is -4.36. The first-order valence-electron chi connectivity index (χ1n) is 15.6. The van der Waals surface area contributed by atoms with Crippen LogP contribution in [-0.4, -0.2) is 55.3 Å². The van der Waals surface area contributed by atoms with E-state index < -0.39 is 55.5 Å². The minimum Gasteiger partial charge on any atom is -0.495 e. The van der Waals surface area contributed by atoms with Gasteiger partial charge in [0.2, 0.25) is 11.8 Å². The molecule has 4 aromatic rings. The van der Waals surface area contributed by atoms with Crippen LogP contribution in [0.25, 0.3) is 0 Å². The fraction of sp³-hybridized carbons (Fsp3) is 0.278. The van der Waals surface area contributed by atoms with Crippen LogP contribution in [0.3, 0.4) is 0 Å². The van der Waals surface area contributed by atoms with Crippen molar-refractivity contribution in [2.24, 2.45) is 0 Å². The molecule has 1 unspecified atom stereocenters. The van der Waals surface area contributed by atoms with Crippen molar-refractivity contribution >= 4 is 68.0 Å². The minimum atomic E-state index is -4.72. The Labute approximate surface area is 312 Å². The highest BCUT2D eigenvalue weighted by Crippen LogP contribution is 2.36. The fourth-order valence-corrected chi connectivity index (χ4v) is 7.21. The molecule has 0 bridgehead atoms. The van der Waals surface area contributed by atoms with Crippen LogP contribution in [0.1, 0.15) is 37.5 Å². The Balaban J connectivity index is 1.92. The van der Waals surface area contributed by atoms with Gasteiger partial charge in [-0.25, -0.2) is 8.42 Å². The molecule has 0 fully saturated rings. The summed E-state index contributed by atoms with van der Waals surface area (Å²) in [6.07, 6.45) is 0.0766. The third-order valence-corrected chi connectivity index (χ3v) is 10.5. The van der Waals surface area contributed by atoms with Crippen LogP contribution in [0.4, 0.5) is 11.4 Å². The normalized spacial score (nSPS) is 12.2. The molecule has 0 saturated carbocycles. The lowest BCUT2D eigenvalue weighted by Gasteiger charge is -2.35. The molecule has 1 atom stereocenters. The van der Waals surface area contributed by atoms with Gasteiger partial charge in [-0.15, -0.1) is 0 Å². The van der Waals surface area contributed by atoms with E-state index in [2.05, 4.69) is 5.32 Å². The van der Waals surface area contributed by atoms with E-state index in [1.54, 1.807) is 51.1 Å². The number of nitrogens with zero attached hydrogens (tertiary/aromatic N) is 3. The van der Waals surface area contributed by atoms with Crippen molar-refractivity contribution in [3.8, 4) is 5.75 Å². The van der Waals surface area contributed by atoms with Gasteiger partial charge in [0.05, 0.1) is 32.7 Å². The average Bonchev–Trinajstić information content (AvgIpc) is 3.06. The van der Waals surface area contributed by atoms with Crippen LogP contribution in [-0.2, 0) is 32.6 Å². The maximum atomic E-state index is 14.8. The van der Waals surface area contributed by atoms with Gasteiger partial charge in [-0.1, -0.05) is 77.3 Å². The van der Waals surface area contributed by atoms with E-state index in [0.717, 1.165) is 15.9 Å². The van der Waals surface area contributed by atoms with E-state index in [0.29, 0.717) is 5.56 Å². The Morgan fingerprint density at radius 2 is 1.61 bits per heavy atom. The van der Waals surface area contributed by atoms with Crippen molar-refractivity contribution in [1.29, 1.82) is 0 Å². The lowest BCUT2D eigenvalue weighted by Crippen LogP contribution is -2.56. The van der Waals surface area contributed by atoms with Crippen molar-refractivity contribution in [1.82, 2.24) is 10.2 Å². The van der Waals surface area contributed by atoms with Gasteiger partial charge in [0.1, 0.15) is 18.3 Å². The molecule has 0 aliphatic heterocycles. The number of amides is 2. The first-order chi connectivity index (χ1) is 23.9. The standard InChI is InChI=1S/C36H37Cl3N4O7S/c1-23-11-14-27(20-30(23)43(46)47)51(48,49)42(31-19-26(37)13-16-33(31)50-5)22-34(44)41(21-25-12-15-28(38)29(39)17-25)32(35(45)40-36(2,3)4)18-24-9-7-6-8-10-24/h6-17,19-20,32H,18,21-22H2,1-5H3,(H,40,45). The van der Waals surface area contributed by atoms with E-state index in [-0.39, 0.29) is 45.0 Å². The molecule has 0 aliphatic rings. The molecule has 0 radical (unpaired) electrons. The fourth-order valence-electron chi connectivity index (χ4n) is 5.29. The van der Waals surface area contributed by atoms with Gasteiger partial charge in [0, 0.05) is 35.2 Å². The van der Waals surface area contributed by atoms with Gasteiger partial charge in [-0.3, -0.25) is 24.0 Å². The molecule has 0 spiro atoms. The molecule has 15 heteroatoms. The van der Waals surface area contributed by atoms with Gasteiger partial charge in [0.15, 0.2) is 0 Å². The molecule has 2 amide bonds. The number of rotatable bonds is 13. The highest BCUT2D eigenvalue weighted by molar-refractivity contribution is 7.92. The number of aryl methyl sites for hydroxylation is 1. The summed E-state index contributed by atoms with van der Waals surface area (Å²) in [5.74, 6) is -1.21. The van der Waals surface area contributed by atoms with Gasteiger partial charge >= 0.3 is 0 Å². The zero-order chi connectivity index (χ0) is 37.7. The van der Waals surface area contributed by atoms with Gasteiger partial charge in [0.25, 0.3) is 15.7 Å². The smallest absolute Gasteiger partial charge is 0.273 e. The minimum absolute atomic E-state index is 0.0553. The Bertz CT molecular complexity index is 2040. The van der Waals surface area contributed by atoms with Gasteiger partial charge in [-0.05, 0) is 75.2 Å². The predicted octanol–water partition coefficient (Wildman–Crippen LogP) is 7.62. The van der Waals surface area contributed by atoms with E-state index >= 15 is 0 Å². The molecule has 4 rings (SSSR count). The monoisotopic (exact) mass is 774 g/mol. The quantitative estimate of drug-likeness (QED) is 0.109. The second kappa shape index (κ2) is 16.3. The lowest BCUT2D eigenvalue weighted by molar-refractivity contribution is -0.385. The van der Waals surface area contributed by atoms with E-state index in [4.69, 9.17) is 39.5 Å². The van der Waals surface area contributed by atoms with Crippen LogP contribution >= 0.6 is 34.8 Å². The first kappa shape index (κ1) is 39.4. The predicted molar refractivity (Wildman–Crippen MR) is 199 cm³/mol. The highest BCUT2D eigenvalue weighted by Gasteiger charge is 2.37. The molecular formula is C36H37Cl3N4O7S. The third-order valence-electron chi connectivity index (χ3n) is 7.76. The molecule has 11 nitrogen and oxygen atoms in total. The summed E-state index contributed by atoms with van der Waals surface area (Å²) in [6.45, 7) is 5.87. The summed E-state index contributed by atoms with van der Waals surface area (Å²) in [4.78, 5) is 40.8. The summed E-state index contributed by atoms with van der Waals surface area (Å²) in [6, 6.07) is 20.4. The van der Waals surface area contributed by atoms with Crippen molar-refractivity contribution in [2.45, 2.75) is 57.1 Å². The Morgan fingerprint density at radius 1 is 0.922 bits per heavy atom. The number of methoxy groups -OCH3 is 1. The first-order valence-corrected chi connectivity index (χ1v) is 18.2. The zero-order valence-electron chi connectivity index (χ0n) is 28.5. The molecule has 0 aliphatic carbocycles. The number of carbonyl (C=O) groups excluding carboxylic acids is 2. The van der Waals surface area contributed by atoms with Crippen LogP contribution in [0, 0.1) is 17.0 Å². The highest BCUT2D eigenvalue weighted by atomic mass is 35.5. The number of anilines is 1. The van der Waals surface area contributed by atoms with Crippen LogP contribution in [0.2, 0.25) is 15.1 Å². The number of nitrogens with one attached hydrogen (secondary N) is 1. The third kappa shape index (κ3) is 9.91. The number of sulfonamides is 1. The molecule has 0 heterocycles. The van der Waals surface area contributed by atoms with Crippen molar-refractivity contribution in [2.75, 3.05) is 18.0 Å². The maximum Gasteiger partial charge on any atom is 0.273 e. The van der Waals surface area contributed by atoms with Crippen molar-refractivity contribution in [3.05, 3.63) is 127 Å². The van der Waals surface area contributed by atoms with Crippen LogP contribution in [0.15, 0.2) is 89.8 Å². The number of hydrogen-bond donors (Lipinski definition) is 1. The summed E-state index contributed by atoms with van der Waals surface area (Å²) in [5, 5.41) is 15.4. The number of ether oxygens (including phenoxy) is 1. The van der Waals surface area contributed by atoms with Crippen molar-refractivity contribution < 1.29 is 27.7 Å². The number of nitro benzene ring substituents is 1. The zero-order valence-corrected chi connectivity index (χ0v) is 31.6. The number of hydrogen-bond acceptors (Lipinski definition) is 7. The average molecular weight is 776 g/mol. The molecule has 270 valence electrons. The largest absolute Gasteiger partial charge is 0.495 e. The van der Waals surface area contributed by atoms with Gasteiger partial charge in [-0.2, -0.15) is 0 Å². The number of halogens is 3. The Morgan fingerprint density at radius 3 is 2.22 bits per heavy atom. The molecular weight excluding hydrogens is 739 g/mol. The summed E-state index contributed by atoms with van der Waals surface area (Å²) in [7, 11) is -3.40. The second-order valence-corrected chi connectivity index (χ2v) is 15.9. The second-order valence-electron chi connectivity index (χ2n) is 12.7. The Kier molecular flexibility index (Phi) is 12.6. The van der Waals surface area contributed by atoms with Crippen LogP contribution < -0.4 is 14.4 Å². The molecule has 0 saturated heterocycles. The van der Waals surface area contributed by atoms with E-state index in [1.165, 1.54) is 49.3 Å². The number of nitro groups is 1. The van der Waals surface area contributed by atoms with E-state index in [9.17, 15) is 28.1 Å². The molecule has 51 heavy (non-hydrogen) atoms. The lowest BCUT2D eigenvalue weighted by atomic mass is 10.0. The topological polar surface area (TPSA) is 139 Å². The molecule has 1 N–H and O–H groups in total. The maximum absolute atomic E-state index is 14.8. The number of carbonyl (C=O) groups is 2. The summed E-state index contributed by atoms with van der Waals surface area (Å²) >= 11 is 18.9. The molecule has 0 aromatic heterocycles. The molecule has 4 aromatic carbocycles. The summed E-state index contributed by atoms with van der Waals surface area (Å²) < 4.78 is 35.3. The van der Waals surface area contributed by atoms with Crippen LogP contribution in [0.5, 0.6) is 5.75 Å². The SMILES string of the molecule is COc1ccc(Cl)cc1N(CC(=O)N(Cc1ccc(Cl)c(Cl)c1)C(Cc1ccccc1)C(=O)NC(C)(C)C)S(=O)(=O)c1ccc(C)c([N+](=O)[O-])c1. The van der Waals surface area contributed by atoms with E-state index in [1.807, 2.05) is 18.2 Å². The number of benzene rings is 4. The van der Waals surface area contributed by atoms with Crippen molar-refractivity contribution in [3.63, 3.8) is 0 Å².